The van der Waals surface area contributed by atoms with Gasteiger partial charge in [0.2, 0.25) is 12.7 Å². The molecule has 0 unspecified atom stereocenters. The van der Waals surface area contributed by atoms with Crippen molar-refractivity contribution in [1.29, 1.82) is 0 Å². The van der Waals surface area contributed by atoms with Crippen molar-refractivity contribution in [3.05, 3.63) is 95.9 Å². The van der Waals surface area contributed by atoms with Gasteiger partial charge in [0.1, 0.15) is 0 Å². The van der Waals surface area contributed by atoms with Crippen molar-refractivity contribution < 1.29 is 42.8 Å². The normalized spacial score (nSPS) is 14.5. The maximum absolute atomic E-state index is 13.1. The summed E-state index contributed by atoms with van der Waals surface area (Å²) in [6.45, 7) is 12.7. The number of aryl methyl sites for hydroxylation is 1. The van der Waals surface area contributed by atoms with E-state index in [2.05, 4.69) is 37.5 Å². The fourth-order valence-corrected chi connectivity index (χ4v) is 5.10. The van der Waals surface area contributed by atoms with Crippen molar-refractivity contribution in [2.24, 2.45) is 5.41 Å². The molecule has 47 heavy (non-hydrogen) atoms. The van der Waals surface area contributed by atoms with E-state index in [4.69, 9.17) is 4.74 Å². The number of carbonyl (C=O) groups is 2. The van der Waals surface area contributed by atoms with E-state index in [0.717, 1.165) is 71.7 Å². The SMILES string of the molecule is CCC(C)(C)C(=O)OC[N+]1(C)CCN(Cc2ccc(C(=O)Nc3ccc(C)c(Nc4nccc(-c5cccnc5)n4)c3)cc2)CC1.[I-]. The Balaban J connectivity index is 0.00000500. The highest BCUT2D eigenvalue weighted by Gasteiger charge is 2.33. The number of pyridine rings is 1. The molecule has 4 aromatic rings. The minimum atomic E-state index is -0.450. The van der Waals surface area contributed by atoms with Crippen LogP contribution in [0.1, 0.15) is 48.7 Å². The van der Waals surface area contributed by atoms with Gasteiger partial charge in [0.25, 0.3) is 5.91 Å². The first-order valence-electron chi connectivity index (χ1n) is 15.8. The summed E-state index contributed by atoms with van der Waals surface area (Å²) in [6, 6.07) is 19.1. The van der Waals surface area contributed by atoms with E-state index in [1.54, 1.807) is 18.6 Å². The van der Waals surface area contributed by atoms with E-state index < -0.39 is 5.41 Å². The van der Waals surface area contributed by atoms with Crippen molar-refractivity contribution in [2.45, 2.75) is 40.7 Å². The van der Waals surface area contributed by atoms with Crippen molar-refractivity contribution >= 4 is 29.2 Å². The standard InChI is InChI=1S/C36H43N7O3.HI/c1-6-36(3,4)34(45)46-25-43(5)20-18-42(19-21-43)24-27-10-12-28(13-11-27)33(44)39-30-14-9-26(2)32(22-30)41-35-38-17-15-31(40-35)29-8-7-16-37-23-29;/h7-17,22-23H,6,18-21,24-25H2,1-5H3,(H-,38,39,40,41,44);1H. The van der Waals surface area contributed by atoms with E-state index in [-0.39, 0.29) is 35.9 Å². The lowest BCUT2D eigenvalue weighted by Crippen LogP contribution is -3.00. The Morgan fingerprint density at radius 1 is 1.02 bits per heavy atom. The van der Waals surface area contributed by atoms with Gasteiger partial charge < -0.3 is 39.3 Å². The molecule has 1 aliphatic rings. The molecule has 0 saturated carbocycles. The molecule has 1 saturated heterocycles. The largest absolute Gasteiger partial charge is 1.00 e. The summed E-state index contributed by atoms with van der Waals surface area (Å²) in [5.74, 6) is 0.154. The molecular formula is C36H44IN7O3. The van der Waals surface area contributed by atoms with Gasteiger partial charge >= 0.3 is 5.97 Å². The summed E-state index contributed by atoms with van der Waals surface area (Å²) in [4.78, 5) is 41.1. The maximum atomic E-state index is 13.1. The Bertz CT molecular complexity index is 1660. The summed E-state index contributed by atoms with van der Waals surface area (Å²) >= 11 is 0. The first kappa shape index (κ1) is 35.9. The van der Waals surface area contributed by atoms with Crippen LogP contribution in [0.25, 0.3) is 11.3 Å². The number of halogens is 1. The summed E-state index contributed by atoms with van der Waals surface area (Å²) in [5.41, 5.74) is 5.43. The van der Waals surface area contributed by atoms with Crippen molar-refractivity contribution in [2.75, 3.05) is 50.6 Å². The average molecular weight is 750 g/mol. The zero-order valence-electron chi connectivity index (χ0n) is 27.8. The number of esters is 1. The van der Waals surface area contributed by atoms with E-state index in [0.29, 0.717) is 23.9 Å². The molecule has 0 radical (unpaired) electrons. The number of quaternary nitrogens is 1. The number of benzene rings is 2. The van der Waals surface area contributed by atoms with Crippen LogP contribution in [-0.4, -0.2) is 76.2 Å². The van der Waals surface area contributed by atoms with Gasteiger partial charge in [-0.1, -0.05) is 25.1 Å². The number of anilines is 3. The van der Waals surface area contributed by atoms with Gasteiger partial charge in [-0.15, -0.1) is 0 Å². The molecular weight excluding hydrogens is 705 g/mol. The molecule has 0 atom stereocenters. The molecule has 11 heteroatoms. The second-order valence-corrected chi connectivity index (χ2v) is 13.0. The van der Waals surface area contributed by atoms with Crippen molar-refractivity contribution in [3.63, 3.8) is 0 Å². The first-order chi connectivity index (χ1) is 22.0. The molecule has 2 aromatic carbocycles. The molecule has 1 aliphatic heterocycles. The first-order valence-corrected chi connectivity index (χ1v) is 15.8. The van der Waals surface area contributed by atoms with Gasteiger partial charge in [0.05, 0.1) is 31.2 Å². The molecule has 0 bridgehead atoms. The monoisotopic (exact) mass is 749 g/mol. The van der Waals surface area contributed by atoms with Crippen LogP contribution >= 0.6 is 0 Å². The summed E-state index contributed by atoms with van der Waals surface area (Å²) in [6.07, 6.45) is 5.95. The van der Waals surface area contributed by atoms with Crippen LogP contribution < -0.4 is 34.6 Å². The summed E-state index contributed by atoms with van der Waals surface area (Å²) in [7, 11) is 2.15. The predicted molar refractivity (Wildman–Crippen MR) is 180 cm³/mol. The molecule has 10 nitrogen and oxygen atoms in total. The van der Waals surface area contributed by atoms with Crippen LogP contribution in [0.15, 0.2) is 79.3 Å². The van der Waals surface area contributed by atoms with Gasteiger partial charge in [-0.3, -0.25) is 24.0 Å². The average Bonchev–Trinajstić information content (AvgIpc) is 3.07. The predicted octanol–water partition coefficient (Wildman–Crippen LogP) is 3.05. The topological polar surface area (TPSA) is 109 Å². The van der Waals surface area contributed by atoms with Gasteiger partial charge in [0.15, 0.2) is 0 Å². The van der Waals surface area contributed by atoms with Crippen molar-refractivity contribution in [3.8, 4) is 11.3 Å². The number of aromatic nitrogens is 3. The Kier molecular flexibility index (Phi) is 12.0. The van der Waals surface area contributed by atoms with Gasteiger partial charge in [-0.2, -0.15) is 0 Å². The third-order valence-electron chi connectivity index (χ3n) is 8.83. The fraction of sp³-hybridized carbons (Fsp3) is 0.361. The van der Waals surface area contributed by atoms with Gasteiger partial charge in [-0.05, 0) is 80.8 Å². The van der Waals surface area contributed by atoms with E-state index in [1.165, 1.54) is 0 Å². The molecule has 0 spiro atoms. The number of piperazine rings is 1. The molecule has 1 fully saturated rings. The number of nitrogens with zero attached hydrogens (tertiary/aromatic N) is 5. The summed E-state index contributed by atoms with van der Waals surface area (Å²) < 4.78 is 6.42. The minimum absolute atomic E-state index is 0. The third-order valence-corrected chi connectivity index (χ3v) is 8.83. The van der Waals surface area contributed by atoms with Crippen LogP contribution in [0.3, 0.4) is 0 Å². The minimum Gasteiger partial charge on any atom is -1.00 e. The van der Waals surface area contributed by atoms with Gasteiger partial charge in [-0.25, -0.2) is 9.97 Å². The third kappa shape index (κ3) is 9.55. The maximum Gasteiger partial charge on any atom is 0.315 e. The highest BCUT2D eigenvalue weighted by molar-refractivity contribution is 6.04. The number of likely N-dealkylation sites (N-methyl/N-ethyl adjacent to an activating group) is 1. The van der Waals surface area contributed by atoms with Crippen LogP contribution in [0.4, 0.5) is 17.3 Å². The highest BCUT2D eigenvalue weighted by atomic mass is 127. The molecule has 248 valence electrons. The Hall–Kier alpha value is -3.94. The number of rotatable bonds is 11. The molecule has 2 aromatic heterocycles. The Morgan fingerprint density at radius 2 is 1.77 bits per heavy atom. The zero-order chi connectivity index (χ0) is 32.7. The lowest BCUT2D eigenvalue weighted by Gasteiger charge is -2.41. The quantitative estimate of drug-likeness (QED) is 0.137. The molecule has 5 rings (SSSR count). The lowest BCUT2D eigenvalue weighted by molar-refractivity contribution is -0.929. The molecule has 1 amide bonds. The van der Waals surface area contributed by atoms with Crippen LogP contribution in [0.2, 0.25) is 0 Å². The number of amides is 1. The second-order valence-electron chi connectivity index (χ2n) is 13.0. The second kappa shape index (κ2) is 15.8. The Labute approximate surface area is 294 Å². The molecule has 0 aliphatic carbocycles. The highest BCUT2D eigenvalue weighted by Crippen LogP contribution is 2.25. The van der Waals surface area contributed by atoms with E-state index in [1.807, 2.05) is 88.4 Å². The Morgan fingerprint density at radius 3 is 2.45 bits per heavy atom. The smallest absolute Gasteiger partial charge is 0.315 e. The van der Waals surface area contributed by atoms with Gasteiger partial charge in [0, 0.05) is 60.7 Å². The number of nitrogens with one attached hydrogen (secondary N) is 2. The number of carbonyl (C=O) groups excluding carboxylic acids is 2. The number of hydrogen-bond acceptors (Lipinski definition) is 8. The lowest BCUT2D eigenvalue weighted by atomic mass is 9.91. The van der Waals surface area contributed by atoms with E-state index >= 15 is 0 Å². The fourth-order valence-electron chi connectivity index (χ4n) is 5.10. The molecule has 2 N–H and O–H groups in total. The summed E-state index contributed by atoms with van der Waals surface area (Å²) in [5, 5.41) is 6.30. The van der Waals surface area contributed by atoms with Crippen LogP contribution in [0.5, 0.6) is 0 Å². The molecule has 3 heterocycles. The zero-order valence-corrected chi connectivity index (χ0v) is 30.0. The van der Waals surface area contributed by atoms with Crippen LogP contribution in [0, 0.1) is 12.3 Å². The number of hydrogen-bond donors (Lipinski definition) is 2. The van der Waals surface area contributed by atoms with Crippen LogP contribution in [-0.2, 0) is 16.1 Å². The number of ether oxygens (including phenoxy) is 1. The van der Waals surface area contributed by atoms with Crippen molar-refractivity contribution in [1.82, 2.24) is 19.9 Å². The van der Waals surface area contributed by atoms with E-state index in [9.17, 15) is 9.59 Å².